The van der Waals surface area contributed by atoms with Gasteiger partial charge in [0.15, 0.2) is 5.16 Å². The second-order valence-electron chi connectivity index (χ2n) is 5.78. The number of rotatable bonds is 6. The third-order valence-corrected chi connectivity index (χ3v) is 5.14. The predicted octanol–water partition coefficient (Wildman–Crippen LogP) is 1.89. The molecule has 0 unspecified atom stereocenters. The van der Waals surface area contributed by atoms with E-state index in [1.165, 1.54) is 11.8 Å². The lowest BCUT2D eigenvalue weighted by Gasteiger charge is -2.15. The normalized spacial score (nSPS) is 14.3. The molecule has 0 atom stereocenters. The summed E-state index contributed by atoms with van der Waals surface area (Å²) in [6.45, 7) is 4.57. The molecule has 0 saturated carbocycles. The average Bonchev–Trinajstić information content (AvgIpc) is 3.24. The van der Waals surface area contributed by atoms with Crippen molar-refractivity contribution in [1.29, 1.82) is 0 Å². The Labute approximate surface area is 145 Å². The second kappa shape index (κ2) is 7.70. The van der Waals surface area contributed by atoms with Gasteiger partial charge in [0.25, 0.3) is 0 Å². The average molecular weight is 346 g/mol. The van der Waals surface area contributed by atoms with Crippen LogP contribution in [0.2, 0.25) is 0 Å². The van der Waals surface area contributed by atoms with Gasteiger partial charge in [-0.25, -0.2) is 4.98 Å². The summed E-state index contributed by atoms with van der Waals surface area (Å²) < 4.78 is 2.10. The number of para-hydroxylation sites is 2. The number of hydrogen-bond donors (Lipinski definition) is 1. The van der Waals surface area contributed by atoms with Crippen LogP contribution >= 0.6 is 11.8 Å². The quantitative estimate of drug-likeness (QED) is 0.811. The first-order valence-corrected chi connectivity index (χ1v) is 9.30. The molecular formula is C17H22N4O2S. The van der Waals surface area contributed by atoms with E-state index < -0.39 is 0 Å². The number of fused-ring (bicyclic) bond motifs is 1. The van der Waals surface area contributed by atoms with Crippen LogP contribution in [-0.4, -0.2) is 51.7 Å². The number of amides is 2. The molecule has 3 rings (SSSR count). The van der Waals surface area contributed by atoms with Crippen molar-refractivity contribution in [1.82, 2.24) is 19.8 Å². The number of aromatic nitrogens is 2. The standard InChI is InChI=1S/C17H22N4O2S/c1-2-21-14-8-4-3-7-13(14)19-17(21)24-12-15(22)18-11-16(23)20-9-5-6-10-20/h3-4,7-8H,2,5-6,9-12H2,1H3,(H,18,22). The topological polar surface area (TPSA) is 67.2 Å². The van der Waals surface area contributed by atoms with Crippen LogP contribution in [-0.2, 0) is 16.1 Å². The first-order chi connectivity index (χ1) is 11.7. The molecule has 1 fully saturated rings. The van der Waals surface area contributed by atoms with E-state index in [-0.39, 0.29) is 24.1 Å². The number of likely N-dealkylation sites (tertiary alicyclic amines) is 1. The molecule has 2 aromatic rings. The van der Waals surface area contributed by atoms with Crippen molar-refractivity contribution in [2.45, 2.75) is 31.5 Å². The van der Waals surface area contributed by atoms with Crippen molar-refractivity contribution in [2.24, 2.45) is 0 Å². The Morgan fingerprint density at radius 3 is 2.75 bits per heavy atom. The lowest BCUT2D eigenvalue weighted by atomic mass is 10.3. The van der Waals surface area contributed by atoms with Crippen molar-refractivity contribution in [3.8, 4) is 0 Å². The van der Waals surface area contributed by atoms with Gasteiger partial charge in [0.1, 0.15) is 0 Å². The molecule has 0 aliphatic carbocycles. The molecule has 0 radical (unpaired) electrons. The minimum atomic E-state index is -0.137. The molecule has 0 spiro atoms. The Kier molecular flexibility index (Phi) is 5.40. The molecule has 1 aromatic heterocycles. The summed E-state index contributed by atoms with van der Waals surface area (Å²) in [6, 6.07) is 7.95. The third kappa shape index (κ3) is 3.72. The Morgan fingerprint density at radius 2 is 2.00 bits per heavy atom. The molecule has 1 N–H and O–H groups in total. The van der Waals surface area contributed by atoms with Crippen molar-refractivity contribution in [3.63, 3.8) is 0 Å². The van der Waals surface area contributed by atoms with Crippen LogP contribution in [0.1, 0.15) is 19.8 Å². The summed E-state index contributed by atoms with van der Waals surface area (Å²) in [4.78, 5) is 30.3. The largest absolute Gasteiger partial charge is 0.346 e. The first-order valence-electron chi connectivity index (χ1n) is 8.31. The lowest BCUT2D eigenvalue weighted by Crippen LogP contribution is -2.39. The molecule has 128 valence electrons. The molecule has 1 aromatic carbocycles. The molecule has 2 amide bonds. The maximum Gasteiger partial charge on any atom is 0.241 e. The number of carbonyl (C=O) groups excluding carboxylic acids is 2. The van der Waals surface area contributed by atoms with Crippen LogP contribution in [0, 0.1) is 0 Å². The van der Waals surface area contributed by atoms with Gasteiger partial charge in [0.2, 0.25) is 11.8 Å². The highest BCUT2D eigenvalue weighted by atomic mass is 32.2. The van der Waals surface area contributed by atoms with Crippen LogP contribution in [0.25, 0.3) is 11.0 Å². The summed E-state index contributed by atoms with van der Waals surface area (Å²) in [5.41, 5.74) is 2.01. The fourth-order valence-electron chi connectivity index (χ4n) is 2.90. The van der Waals surface area contributed by atoms with E-state index >= 15 is 0 Å². The highest BCUT2D eigenvalue weighted by Crippen LogP contribution is 2.23. The maximum atomic E-state index is 12.0. The number of carbonyl (C=O) groups is 2. The molecule has 24 heavy (non-hydrogen) atoms. The van der Waals surface area contributed by atoms with E-state index in [9.17, 15) is 9.59 Å². The maximum absolute atomic E-state index is 12.0. The zero-order valence-electron chi connectivity index (χ0n) is 13.8. The second-order valence-corrected chi connectivity index (χ2v) is 6.72. The van der Waals surface area contributed by atoms with Gasteiger partial charge < -0.3 is 14.8 Å². The molecular weight excluding hydrogens is 324 g/mol. The van der Waals surface area contributed by atoms with Crippen molar-refractivity contribution < 1.29 is 9.59 Å². The van der Waals surface area contributed by atoms with Gasteiger partial charge in [0.05, 0.1) is 23.3 Å². The van der Waals surface area contributed by atoms with E-state index in [0.29, 0.717) is 0 Å². The van der Waals surface area contributed by atoms with E-state index in [1.54, 1.807) is 0 Å². The van der Waals surface area contributed by atoms with Gasteiger partial charge in [-0.1, -0.05) is 23.9 Å². The molecule has 2 heterocycles. The minimum Gasteiger partial charge on any atom is -0.346 e. The van der Waals surface area contributed by atoms with Crippen LogP contribution in [0.15, 0.2) is 29.4 Å². The number of hydrogen-bond acceptors (Lipinski definition) is 4. The van der Waals surface area contributed by atoms with Crippen LogP contribution in [0.4, 0.5) is 0 Å². The number of aryl methyl sites for hydroxylation is 1. The minimum absolute atomic E-state index is 0.00615. The summed E-state index contributed by atoms with van der Waals surface area (Å²) in [5.74, 6) is 0.130. The van der Waals surface area contributed by atoms with Gasteiger partial charge >= 0.3 is 0 Å². The van der Waals surface area contributed by atoms with Crippen molar-refractivity contribution in [2.75, 3.05) is 25.4 Å². The van der Waals surface area contributed by atoms with Gasteiger partial charge in [-0.2, -0.15) is 0 Å². The highest BCUT2D eigenvalue weighted by molar-refractivity contribution is 7.99. The van der Waals surface area contributed by atoms with Gasteiger partial charge in [0, 0.05) is 19.6 Å². The van der Waals surface area contributed by atoms with E-state index in [0.717, 1.165) is 48.7 Å². The zero-order valence-corrected chi connectivity index (χ0v) is 14.6. The van der Waals surface area contributed by atoms with E-state index in [2.05, 4.69) is 21.8 Å². The summed E-state index contributed by atoms with van der Waals surface area (Å²) >= 11 is 1.40. The van der Waals surface area contributed by atoms with Crippen molar-refractivity contribution >= 4 is 34.6 Å². The smallest absolute Gasteiger partial charge is 0.241 e. The first kappa shape index (κ1) is 16.8. The lowest BCUT2D eigenvalue weighted by molar-refractivity contribution is -0.131. The number of nitrogens with one attached hydrogen (secondary N) is 1. The SMILES string of the molecule is CCn1c(SCC(=O)NCC(=O)N2CCCC2)nc2ccccc21. The highest BCUT2D eigenvalue weighted by Gasteiger charge is 2.18. The van der Waals surface area contributed by atoms with E-state index in [1.807, 2.05) is 29.2 Å². The van der Waals surface area contributed by atoms with Gasteiger partial charge in [-0.15, -0.1) is 0 Å². The molecule has 1 saturated heterocycles. The van der Waals surface area contributed by atoms with Crippen molar-refractivity contribution in [3.05, 3.63) is 24.3 Å². The molecule has 7 heteroatoms. The Bertz CT molecular complexity index is 737. The third-order valence-electron chi connectivity index (χ3n) is 4.16. The zero-order chi connectivity index (χ0) is 16.9. The van der Waals surface area contributed by atoms with Crippen LogP contribution in [0.5, 0.6) is 0 Å². The summed E-state index contributed by atoms with van der Waals surface area (Å²) in [5, 5.41) is 3.55. The molecule has 1 aliphatic heterocycles. The van der Waals surface area contributed by atoms with Crippen LogP contribution in [0.3, 0.4) is 0 Å². The fraction of sp³-hybridized carbons (Fsp3) is 0.471. The molecule has 1 aliphatic rings. The van der Waals surface area contributed by atoms with Gasteiger partial charge in [-0.05, 0) is 31.9 Å². The number of benzene rings is 1. The fourth-order valence-corrected chi connectivity index (χ4v) is 3.81. The molecule has 0 bridgehead atoms. The Morgan fingerprint density at radius 1 is 1.25 bits per heavy atom. The summed E-state index contributed by atoms with van der Waals surface area (Å²) in [6.07, 6.45) is 2.12. The monoisotopic (exact) mass is 346 g/mol. The number of nitrogens with zero attached hydrogens (tertiary/aromatic N) is 3. The summed E-state index contributed by atoms with van der Waals surface area (Å²) in [7, 11) is 0. The predicted molar refractivity (Wildman–Crippen MR) is 95.0 cm³/mol. The van der Waals surface area contributed by atoms with E-state index in [4.69, 9.17) is 0 Å². The number of imidazole rings is 1. The van der Waals surface area contributed by atoms with Gasteiger partial charge in [-0.3, -0.25) is 9.59 Å². The number of thioether (sulfide) groups is 1. The molecule has 6 nitrogen and oxygen atoms in total. The van der Waals surface area contributed by atoms with Crippen LogP contribution < -0.4 is 5.32 Å². The Balaban J connectivity index is 1.53. The Hall–Kier alpha value is -2.02.